The Hall–Kier alpha value is -2.95. The smallest absolute Gasteiger partial charge is 0.246 e. The Morgan fingerprint density at radius 2 is 1.95 bits per heavy atom. The number of para-hydroxylation sites is 1. The molecular formula is C16H10N2O3. The molecule has 1 aromatic carbocycles. The number of hydrogen-bond donors (Lipinski definition) is 1. The fourth-order valence-corrected chi connectivity index (χ4v) is 2.74. The van der Waals surface area contributed by atoms with Crippen LogP contribution >= 0.6 is 0 Å². The Bertz CT molecular complexity index is 966. The number of benzene rings is 1. The lowest BCUT2D eigenvalue weighted by molar-refractivity contribution is 0.0912. The van der Waals surface area contributed by atoms with Gasteiger partial charge in [0.2, 0.25) is 5.78 Å². The number of nitrogens with one attached hydrogen (secondary N) is 1. The highest BCUT2D eigenvalue weighted by Crippen LogP contribution is 2.31. The van der Waals surface area contributed by atoms with E-state index in [1.807, 2.05) is 24.3 Å². The van der Waals surface area contributed by atoms with Crippen LogP contribution in [0.2, 0.25) is 0 Å². The van der Waals surface area contributed by atoms with Gasteiger partial charge in [0.05, 0.1) is 18.2 Å². The Morgan fingerprint density at radius 3 is 2.76 bits per heavy atom. The van der Waals surface area contributed by atoms with Crippen LogP contribution in [-0.4, -0.2) is 28.6 Å². The molecule has 1 aliphatic rings. The third kappa shape index (κ3) is 1.48. The zero-order valence-corrected chi connectivity index (χ0v) is 11.1. The number of carbonyl (C=O) groups excluding carboxylic acids is 2. The molecule has 5 nitrogen and oxygen atoms in total. The molecule has 1 N–H and O–H groups in total. The van der Waals surface area contributed by atoms with Crippen molar-refractivity contribution in [2.75, 3.05) is 7.11 Å². The quantitative estimate of drug-likeness (QED) is 0.742. The Labute approximate surface area is 119 Å². The third-order valence-electron chi connectivity index (χ3n) is 3.72. The van der Waals surface area contributed by atoms with E-state index < -0.39 is 0 Å². The van der Waals surface area contributed by atoms with Gasteiger partial charge < -0.3 is 9.72 Å². The SMILES string of the molecule is COC1=CC(=O)c2c(ncc3c2[nH]c2ccccc23)C1=O. The summed E-state index contributed by atoms with van der Waals surface area (Å²) in [5.74, 6) is -0.616. The summed E-state index contributed by atoms with van der Waals surface area (Å²) in [6.07, 6.45) is 2.84. The number of rotatable bonds is 1. The summed E-state index contributed by atoms with van der Waals surface area (Å²) >= 11 is 0. The van der Waals surface area contributed by atoms with Gasteiger partial charge in [-0.2, -0.15) is 0 Å². The van der Waals surface area contributed by atoms with Crippen molar-refractivity contribution in [2.24, 2.45) is 0 Å². The number of nitrogens with zero attached hydrogens (tertiary/aromatic N) is 1. The van der Waals surface area contributed by atoms with Crippen LogP contribution in [0.3, 0.4) is 0 Å². The predicted octanol–water partition coefficient (Wildman–Crippen LogP) is 2.63. The van der Waals surface area contributed by atoms with E-state index in [0.29, 0.717) is 11.1 Å². The summed E-state index contributed by atoms with van der Waals surface area (Å²) < 4.78 is 4.94. The minimum absolute atomic E-state index is 0.0236. The number of pyridine rings is 1. The lowest BCUT2D eigenvalue weighted by atomic mass is 9.96. The molecule has 4 rings (SSSR count). The number of carbonyl (C=O) groups is 2. The second-order valence-electron chi connectivity index (χ2n) is 4.85. The van der Waals surface area contributed by atoms with Crippen LogP contribution in [0.4, 0.5) is 0 Å². The summed E-state index contributed by atoms with van der Waals surface area (Å²) in [5.41, 5.74) is 2.00. The van der Waals surface area contributed by atoms with Crippen molar-refractivity contribution in [1.29, 1.82) is 0 Å². The first-order valence-electron chi connectivity index (χ1n) is 6.45. The van der Waals surface area contributed by atoms with Gasteiger partial charge in [0.15, 0.2) is 11.5 Å². The second-order valence-corrected chi connectivity index (χ2v) is 4.85. The van der Waals surface area contributed by atoms with Crippen molar-refractivity contribution < 1.29 is 14.3 Å². The number of ketones is 2. The van der Waals surface area contributed by atoms with E-state index in [1.54, 1.807) is 6.20 Å². The van der Waals surface area contributed by atoms with E-state index in [1.165, 1.54) is 13.2 Å². The monoisotopic (exact) mass is 278 g/mol. The van der Waals surface area contributed by atoms with E-state index in [4.69, 9.17) is 4.74 Å². The standard InChI is InChI=1S/C16H10N2O3/c1-21-12-6-11(19)13-14-9(7-17-15(13)16(12)20)8-4-2-3-5-10(8)18-14/h2-7,18H,1H3. The molecule has 3 aromatic rings. The molecule has 0 radical (unpaired) electrons. The van der Waals surface area contributed by atoms with Crippen molar-refractivity contribution in [3.8, 4) is 0 Å². The Morgan fingerprint density at radius 1 is 1.14 bits per heavy atom. The molecular weight excluding hydrogens is 268 g/mol. The van der Waals surface area contributed by atoms with Gasteiger partial charge in [-0.3, -0.25) is 14.6 Å². The highest BCUT2D eigenvalue weighted by atomic mass is 16.5. The average molecular weight is 278 g/mol. The molecule has 5 heteroatoms. The van der Waals surface area contributed by atoms with Crippen molar-refractivity contribution in [3.05, 3.63) is 53.6 Å². The largest absolute Gasteiger partial charge is 0.492 e. The predicted molar refractivity (Wildman–Crippen MR) is 77.4 cm³/mol. The van der Waals surface area contributed by atoms with Crippen LogP contribution in [0.15, 0.2) is 42.3 Å². The van der Waals surface area contributed by atoms with Crippen LogP contribution in [-0.2, 0) is 4.74 Å². The molecule has 2 heterocycles. The number of hydrogen-bond acceptors (Lipinski definition) is 4. The highest BCUT2D eigenvalue weighted by Gasteiger charge is 2.30. The number of aromatic nitrogens is 2. The fourth-order valence-electron chi connectivity index (χ4n) is 2.74. The fraction of sp³-hybridized carbons (Fsp3) is 0.0625. The van der Waals surface area contributed by atoms with Gasteiger partial charge in [0, 0.05) is 28.6 Å². The molecule has 0 atom stereocenters. The summed E-state index contributed by atoms with van der Waals surface area (Å²) in [6, 6.07) is 7.71. The van der Waals surface area contributed by atoms with E-state index in [9.17, 15) is 9.59 Å². The number of aromatic amines is 1. The third-order valence-corrected chi connectivity index (χ3v) is 3.72. The van der Waals surface area contributed by atoms with Gasteiger partial charge >= 0.3 is 0 Å². The number of methoxy groups -OCH3 is 1. The first-order chi connectivity index (χ1) is 10.2. The average Bonchev–Trinajstić information content (AvgIpc) is 2.88. The molecule has 0 bridgehead atoms. The molecule has 1 aliphatic carbocycles. The summed E-state index contributed by atoms with van der Waals surface area (Å²) in [4.78, 5) is 31.9. The van der Waals surface area contributed by atoms with E-state index >= 15 is 0 Å². The molecule has 0 fully saturated rings. The summed E-state index contributed by atoms with van der Waals surface area (Å²) in [7, 11) is 1.36. The van der Waals surface area contributed by atoms with Crippen LogP contribution in [0, 0.1) is 0 Å². The van der Waals surface area contributed by atoms with E-state index in [2.05, 4.69) is 9.97 Å². The summed E-state index contributed by atoms with van der Waals surface area (Å²) in [5, 5.41) is 1.81. The van der Waals surface area contributed by atoms with Crippen molar-refractivity contribution in [2.45, 2.75) is 0 Å². The van der Waals surface area contributed by atoms with E-state index in [-0.39, 0.29) is 23.0 Å². The number of allylic oxidation sites excluding steroid dienone is 2. The minimum Gasteiger partial charge on any atom is -0.492 e. The zero-order chi connectivity index (χ0) is 14.6. The lowest BCUT2D eigenvalue weighted by Crippen LogP contribution is -2.20. The zero-order valence-electron chi connectivity index (χ0n) is 11.1. The first kappa shape index (κ1) is 11.8. The normalized spacial score (nSPS) is 14.4. The first-order valence-corrected chi connectivity index (χ1v) is 6.45. The molecule has 2 aromatic heterocycles. The van der Waals surface area contributed by atoms with Crippen molar-refractivity contribution in [1.82, 2.24) is 9.97 Å². The Kier molecular flexibility index (Phi) is 2.27. The molecule has 102 valence electrons. The Balaban J connectivity index is 2.12. The van der Waals surface area contributed by atoms with Gasteiger partial charge in [-0.05, 0) is 6.07 Å². The summed E-state index contributed by atoms with van der Waals surface area (Å²) in [6.45, 7) is 0. The second kappa shape index (κ2) is 4.02. The molecule has 21 heavy (non-hydrogen) atoms. The molecule has 0 aliphatic heterocycles. The highest BCUT2D eigenvalue weighted by molar-refractivity contribution is 6.28. The van der Waals surface area contributed by atoms with Crippen molar-refractivity contribution in [3.63, 3.8) is 0 Å². The van der Waals surface area contributed by atoms with Crippen LogP contribution in [0.25, 0.3) is 21.8 Å². The molecule has 0 saturated heterocycles. The number of ether oxygens (including phenoxy) is 1. The maximum atomic E-state index is 12.3. The molecule has 0 spiro atoms. The van der Waals surface area contributed by atoms with Crippen LogP contribution in [0.1, 0.15) is 20.8 Å². The maximum absolute atomic E-state index is 12.3. The van der Waals surface area contributed by atoms with Crippen LogP contribution in [0.5, 0.6) is 0 Å². The van der Waals surface area contributed by atoms with Gasteiger partial charge in [-0.15, -0.1) is 0 Å². The number of H-pyrrole nitrogens is 1. The lowest BCUT2D eigenvalue weighted by Gasteiger charge is -2.13. The van der Waals surface area contributed by atoms with Gasteiger partial charge in [-0.25, -0.2) is 0 Å². The minimum atomic E-state index is -0.368. The van der Waals surface area contributed by atoms with Gasteiger partial charge in [0.25, 0.3) is 0 Å². The molecule has 0 amide bonds. The molecule has 0 unspecified atom stereocenters. The topological polar surface area (TPSA) is 72.0 Å². The number of fused-ring (bicyclic) bond motifs is 5. The molecule has 0 saturated carbocycles. The van der Waals surface area contributed by atoms with Crippen LogP contribution < -0.4 is 0 Å². The van der Waals surface area contributed by atoms with Gasteiger partial charge in [-0.1, -0.05) is 18.2 Å². The number of Topliss-reactive ketones (excluding diaryl/α,β-unsaturated/α-hetero) is 1. The maximum Gasteiger partial charge on any atom is 0.246 e. The van der Waals surface area contributed by atoms with Gasteiger partial charge in [0.1, 0.15) is 5.69 Å². The van der Waals surface area contributed by atoms with Crippen molar-refractivity contribution >= 4 is 33.4 Å². The van der Waals surface area contributed by atoms with E-state index in [0.717, 1.165) is 16.3 Å².